The third-order valence-corrected chi connectivity index (χ3v) is 1.01. The van der Waals surface area contributed by atoms with E-state index >= 15 is 0 Å². The van der Waals surface area contributed by atoms with Gasteiger partial charge in [-0.25, -0.2) is 0 Å². The van der Waals surface area contributed by atoms with Gasteiger partial charge in [-0.05, 0) is 11.5 Å². The molecule has 59 valence electrons. The topological polar surface area (TPSA) is 47.9 Å². The number of nitrogens with zero attached hydrogens (tertiary/aromatic N) is 1. The first-order chi connectivity index (χ1) is 4.91. The molecule has 0 N–H and O–H groups in total. The molecule has 0 saturated heterocycles. The second-order valence-corrected chi connectivity index (χ2v) is 1.88. The van der Waals surface area contributed by atoms with Gasteiger partial charge in [-0.2, -0.15) is 0 Å². The van der Waals surface area contributed by atoms with Crippen LogP contribution in [0.5, 0.6) is 0 Å². The molecule has 0 aliphatic carbocycles. The van der Waals surface area contributed by atoms with E-state index in [1.807, 2.05) is 6.92 Å². The van der Waals surface area contributed by atoms with Gasteiger partial charge in [0.05, 0.1) is 0 Å². The number of oxime groups is 1. The van der Waals surface area contributed by atoms with Crippen LogP contribution in [0.25, 0.3) is 0 Å². The predicted octanol–water partition coefficient (Wildman–Crippen LogP) is 0.974. The second kappa shape index (κ2) is 13.1. The summed E-state index contributed by atoms with van der Waals surface area (Å²) in [7, 11) is -0.683. The second-order valence-electron chi connectivity index (χ2n) is 1.43. The van der Waals surface area contributed by atoms with Gasteiger partial charge in [0.2, 0.25) is 0 Å². The van der Waals surface area contributed by atoms with Crippen LogP contribution in [0, 0.1) is 0 Å². The number of hydrogen-bond donors (Lipinski definition) is 0. The van der Waals surface area contributed by atoms with E-state index in [4.69, 9.17) is 0 Å². The molecule has 0 bridgehead atoms. The van der Waals surface area contributed by atoms with Crippen molar-refractivity contribution in [2.45, 2.75) is 13.3 Å². The summed E-state index contributed by atoms with van der Waals surface area (Å²) >= 11 is 0. The Balaban J connectivity index is 0. The van der Waals surface area contributed by atoms with Crippen LogP contribution in [0.4, 0.5) is 0 Å². The van der Waals surface area contributed by atoms with Crippen LogP contribution in [0.3, 0.4) is 0 Å². The molecule has 0 aliphatic heterocycles. The minimum atomic E-state index is -0.683. The molecule has 0 aliphatic rings. The molecule has 0 fully saturated rings. The Morgan fingerprint density at radius 2 is 2.36 bits per heavy atom. The average Bonchev–Trinajstić information content (AvgIpc) is 1.97. The first-order valence-corrected chi connectivity index (χ1v) is 3.86. The first-order valence-electron chi connectivity index (χ1n) is 3.04. The van der Waals surface area contributed by atoms with Gasteiger partial charge in [0, 0.05) is 42.2 Å². The van der Waals surface area contributed by atoms with Gasteiger partial charge in [0.15, 0.2) is 0 Å². The van der Waals surface area contributed by atoms with Gasteiger partial charge >= 0.3 is 8.69 Å². The summed E-state index contributed by atoms with van der Waals surface area (Å²) in [6, 6.07) is 0. The fraction of sp³-hybridized carbons (Fsp3) is 0.800. The number of hydrogen-bond acceptors (Lipinski definition) is 4. The largest absolute Gasteiger partial charge is 0.494 e. The van der Waals surface area contributed by atoms with Crippen LogP contribution < -0.4 is 0 Å². The Bertz CT molecular complexity index is 112. The van der Waals surface area contributed by atoms with E-state index in [1.165, 1.54) is 0 Å². The first kappa shape index (κ1) is 14.1. The fourth-order valence-corrected chi connectivity index (χ4v) is 0.534. The molecular weight excluding hydrogens is 176 g/mol. The Labute approximate surface area is 89.9 Å². The van der Waals surface area contributed by atoms with Crippen LogP contribution in [-0.4, -0.2) is 49.0 Å². The Kier molecular flexibility index (Phi) is 16.8. The minimum Gasteiger partial charge on any atom is -0.396 e. The molecule has 0 aromatic rings. The number of rotatable bonds is 6. The summed E-state index contributed by atoms with van der Waals surface area (Å²) in [6.07, 6.45) is 2.22. The maximum Gasteiger partial charge on any atom is 0.494 e. The Hall–Kier alpha value is 0.530. The van der Waals surface area contributed by atoms with Crippen molar-refractivity contribution in [1.29, 1.82) is 0 Å². The zero-order valence-corrected chi connectivity index (χ0v) is 9.87. The summed E-state index contributed by atoms with van der Waals surface area (Å²) in [5, 5.41) is 3.56. The zero-order chi connectivity index (χ0) is 7.66. The maximum absolute atomic E-state index is 9.75. The monoisotopic (exact) mass is 187 g/mol. The molecule has 1 unspecified atom stereocenters. The third kappa shape index (κ3) is 13.5. The molecule has 11 heavy (non-hydrogen) atoms. The third-order valence-electron chi connectivity index (χ3n) is 0.686. The smallest absolute Gasteiger partial charge is 0.396 e. The molecule has 0 rings (SSSR count). The van der Waals surface area contributed by atoms with Gasteiger partial charge in [0.25, 0.3) is 0 Å². The summed E-state index contributed by atoms with van der Waals surface area (Å²) in [5.41, 5.74) is 0. The van der Waals surface area contributed by atoms with E-state index in [9.17, 15) is 4.57 Å². The summed E-state index contributed by atoms with van der Waals surface area (Å²) in [6.45, 7) is 2.85. The van der Waals surface area contributed by atoms with Gasteiger partial charge in [-0.15, -0.1) is 4.52 Å². The van der Waals surface area contributed by atoms with Crippen LogP contribution in [0.2, 0.25) is 0 Å². The van der Waals surface area contributed by atoms with E-state index in [2.05, 4.69) is 14.5 Å². The van der Waals surface area contributed by atoms with Gasteiger partial charge in [-0.3, -0.25) is 0 Å². The maximum atomic E-state index is 9.75. The summed E-state index contributed by atoms with van der Waals surface area (Å²) < 4.78 is 14.3. The minimum absolute atomic E-state index is 0. The van der Waals surface area contributed by atoms with Crippen LogP contribution >= 0.6 is 8.69 Å². The van der Waals surface area contributed by atoms with Crippen molar-refractivity contribution in [2.75, 3.05) is 13.2 Å². The van der Waals surface area contributed by atoms with E-state index in [0.717, 1.165) is 0 Å². The van der Waals surface area contributed by atoms with Crippen LogP contribution in [0.15, 0.2) is 5.16 Å². The van der Waals surface area contributed by atoms with Gasteiger partial charge in [0.1, 0.15) is 13.2 Å². The molecule has 1 atom stereocenters. The van der Waals surface area contributed by atoms with E-state index in [0.29, 0.717) is 19.6 Å². The van der Waals surface area contributed by atoms with E-state index in [-0.39, 0.29) is 29.6 Å². The van der Waals surface area contributed by atoms with E-state index < -0.39 is 8.69 Å². The van der Waals surface area contributed by atoms with E-state index in [1.54, 1.807) is 6.21 Å². The van der Waals surface area contributed by atoms with Crippen LogP contribution in [-0.2, 0) is 13.9 Å². The quantitative estimate of drug-likeness (QED) is 0.205. The standard InChI is InChI=1S/C5H11NO3P.Na/c1-2-8-6-4-3-5-9-10-7;/h4,10H,2-3,5H2,1H3;/q+1;. The SMILES string of the molecule is CCON=CCCO[PH+]=O.[Na]. The summed E-state index contributed by atoms with van der Waals surface area (Å²) in [5.74, 6) is 0. The van der Waals surface area contributed by atoms with Crippen molar-refractivity contribution in [2.24, 2.45) is 5.16 Å². The van der Waals surface area contributed by atoms with Crippen molar-refractivity contribution in [3.63, 3.8) is 0 Å². The Morgan fingerprint density at radius 3 is 2.91 bits per heavy atom. The normalized spacial score (nSPS) is 9.91. The zero-order valence-electron chi connectivity index (χ0n) is 6.87. The Morgan fingerprint density at radius 1 is 1.64 bits per heavy atom. The van der Waals surface area contributed by atoms with Gasteiger partial charge < -0.3 is 4.84 Å². The molecule has 0 heterocycles. The van der Waals surface area contributed by atoms with Crippen molar-refractivity contribution >= 4 is 44.5 Å². The van der Waals surface area contributed by atoms with Crippen molar-refractivity contribution in [3.05, 3.63) is 0 Å². The summed E-state index contributed by atoms with van der Waals surface area (Å²) in [4.78, 5) is 4.65. The molecule has 6 heteroatoms. The van der Waals surface area contributed by atoms with Crippen molar-refractivity contribution < 1.29 is 13.9 Å². The molecule has 0 aromatic heterocycles. The molecule has 0 amide bonds. The molecule has 4 nitrogen and oxygen atoms in total. The van der Waals surface area contributed by atoms with Crippen LogP contribution in [0.1, 0.15) is 13.3 Å². The van der Waals surface area contributed by atoms with Crippen molar-refractivity contribution in [1.82, 2.24) is 0 Å². The van der Waals surface area contributed by atoms with Crippen molar-refractivity contribution in [3.8, 4) is 0 Å². The molecule has 1 radical (unpaired) electrons. The molecule has 0 saturated carbocycles. The predicted molar refractivity (Wildman–Crippen MR) is 45.4 cm³/mol. The molecular formula is C5H11NNaO3P+. The average molecular weight is 187 g/mol. The van der Waals surface area contributed by atoms with Gasteiger partial charge in [-0.1, -0.05) is 5.16 Å². The molecule has 0 spiro atoms. The molecule has 0 aromatic carbocycles. The fourth-order valence-electron chi connectivity index (χ4n) is 0.333.